The molecule has 4 N–H and O–H groups in total. The predicted octanol–water partition coefficient (Wildman–Crippen LogP) is 4.16. The Morgan fingerprint density at radius 1 is 1.24 bits per heavy atom. The van der Waals surface area contributed by atoms with Gasteiger partial charge in [0.1, 0.15) is 5.60 Å². The lowest BCUT2D eigenvalue weighted by atomic mass is 9.91. The first kappa shape index (κ1) is 23.2. The Bertz CT molecular complexity index is 1160. The molecule has 0 aliphatic carbocycles. The van der Waals surface area contributed by atoms with E-state index < -0.39 is 5.60 Å². The van der Waals surface area contributed by atoms with Crippen LogP contribution in [0.15, 0.2) is 36.8 Å². The molecule has 1 fully saturated rings. The van der Waals surface area contributed by atoms with Crippen LogP contribution in [0.5, 0.6) is 0 Å². The molecular weight excluding hydrogens is 440 g/mol. The van der Waals surface area contributed by atoms with Gasteiger partial charge in [0.2, 0.25) is 0 Å². The number of rotatable bonds is 5. The van der Waals surface area contributed by atoms with Crippen molar-refractivity contribution in [1.29, 1.82) is 0 Å². The molecule has 4 rings (SSSR count). The van der Waals surface area contributed by atoms with Crippen LogP contribution >= 0.6 is 11.6 Å². The van der Waals surface area contributed by atoms with Crippen LogP contribution in [0.2, 0.25) is 5.02 Å². The Balaban J connectivity index is 1.64. The molecule has 1 aliphatic heterocycles. The molecule has 0 radical (unpaired) electrons. The van der Waals surface area contributed by atoms with Gasteiger partial charge in [0, 0.05) is 48.7 Å². The number of nitrogens with two attached hydrogens (primary N) is 1. The highest BCUT2D eigenvalue weighted by Crippen LogP contribution is 2.34. The molecule has 33 heavy (non-hydrogen) atoms. The van der Waals surface area contributed by atoms with Crippen molar-refractivity contribution in [3.8, 4) is 11.1 Å². The number of primary amides is 1. The minimum absolute atomic E-state index is 0.0771. The molecule has 1 aromatic carbocycles. The molecule has 8 nitrogen and oxygen atoms in total. The molecule has 174 valence electrons. The van der Waals surface area contributed by atoms with Crippen LogP contribution in [0.1, 0.15) is 39.4 Å². The Morgan fingerprint density at radius 2 is 1.97 bits per heavy atom. The number of nitrogens with zero attached hydrogens (tertiary/aromatic N) is 4. The van der Waals surface area contributed by atoms with Crippen molar-refractivity contribution in [1.82, 2.24) is 19.9 Å². The van der Waals surface area contributed by atoms with Gasteiger partial charge in [-0.15, -0.1) is 0 Å². The molecule has 0 bridgehead atoms. The number of hydrogen-bond acceptors (Lipinski definition) is 6. The van der Waals surface area contributed by atoms with Gasteiger partial charge in [-0.05, 0) is 57.2 Å². The van der Waals surface area contributed by atoms with E-state index in [2.05, 4.69) is 27.2 Å². The summed E-state index contributed by atoms with van der Waals surface area (Å²) in [6, 6.07) is 5.62. The second-order valence-electron chi connectivity index (χ2n) is 9.19. The third-order valence-corrected chi connectivity index (χ3v) is 6.49. The van der Waals surface area contributed by atoms with Gasteiger partial charge in [-0.3, -0.25) is 4.98 Å². The first-order chi connectivity index (χ1) is 15.6. The number of halogens is 1. The number of urea groups is 1. The number of benzene rings is 1. The molecule has 2 aromatic heterocycles. The van der Waals surface area contributed by atoms with Crippen molar-refractivity contribution in [2.75, 3.05) is 18.4 Å². The largest absolute Gasteiger partial charge is 0.382 e. The Kier molecular flexibility index (Phi) is 6.41. The van der Waals surface area contributed by atoms with E-state index in [0.717, 1.165) is 40.6 Å². The number of pyridine rings is 1. The van der Waals surface area contributed by atoms with Crippen LogP contribution in [0, 0.1) is 5.92 Å². The van der Waals surface area contributed by atoms with E-state index in [4.69, 9.17) is 17.3 Å². The molecule has 1 saturated heterocycles. The Morgan fingerprint density at radius 3 is 2.64 bits per heavy atom. The van der Waals surface area contributed by atoms with E-state index in [9.17, 15) is 9.90 Å². The maximum atomic E-state index is 11.6. The molecule has 1 aliphatic rings. The number of carbonyl (C=O) groups excluding carboxylic acids is 1. The number of piperidine rings is 1. The molecule has 2 amide bonds. The molecule has 2 atom stereocenters. The number of hydrogen-bond donors (Lipinski definition) is 3. The van der Waals surface area contributed by atoms with E-state index >= 15 is 0 Å². The van der Waals surface area contributed by atoms with E-state index in [-0.39, 0.29) is 18.0 Å². The summed E-state index contributed by atoms with van der Waals surface area (Å²) in [7, 11) is 0. The van der Waals surface area contributed by atoms with Crippen molar-refractivity contribution in [3.05, 3.63) is 47.6 Å². The fourth-order valence-corrected chi connectivity index (χ4v) is 4.46. The summed E-state index contributed by atoms with van der Waals surface area (Å²) >= 11 is 6.57. The Labute approximate surface area is 198 Å². The minimum Gasteiger partial charge on any atom is -0.382 e. The SMILES string of the molecule is C[C@@H](Nc1c(Cl)cnc2ccc(-c3cnc(C(C)(C)O)nc3)cc12)[C@@H]1CCCN(C(N)=O)C1. The summed E-state index contributed by atoms with van der Waals surface area (Å²) in [5, 5.41) is 15.1. The normalized spacial score (nSPS) is 17.7. The molecule has 0 saturated carbocycles. The highest BCUT2D eigenvalue weighted by molar-refractivity contribution is 6.34. The summed E-state index contributed by atoms with van der Waals surface area (Å²) < 4.78 is 0. The third kappa shape index (κ3) is 5.02. The molecule has 0 spiro atoms. The molecular formula is C24H29ClN6O2. The van der Waals surface area contributed by atoms with Gasteiger partial charge in [-0.25, -0.2) is 14.8 Å². The zero-order chi connectivity index (χ0) is 23.8. The van der Waals surface area contributed by atoms with Gasteiger partial charge in [0.25, 0.3) is 0 Å². The fourth-order valence-electron chi connectivity index (χ4n) is 4.25. The molecule has 0 unspecified atom stereocenters. The van der Waals surface area contributed by atoms with E-state index in [1.54, 1.807) is 37.3 Å². The van der Waals surface area contributed by atoms with Crippen molar-refractivity contribution < 1.29 is 9.90 Å². The highest BCUT2D eigenvalue weighted by atomic mass is 35.5. The van der Waals surface area contributed by atoms with Crippen LogP contribution in [0.4, 0.5) is 10.5 Å². The maximum absolute atomic E-state index is 11.6. The number of fused-ring (bicyclic) bond motifs is 1. The van der Waals surface area contributed by atoms with Crippen molar-refractivity contribution >= 4 is 34.2 Å². The summed E-state index contributed by atoms with van der Waals surface area (Å²) in [5.74, 6) is 0.627. The standard InChI is InChI=1S/C24H29ClN6O2/c1-14(16-5-4-8-31(13-16)23(26)32)30-21-18-9-15(6-7-20(18)27-12-19(21)25)17-10-28-22(29-11-17)24(2,3)33/h6-7,9-12,14,16,33H,4-5,8,13H2,1-3H3,(H2,26,32)(H,27,30)/t14-,16-/m1/s1. The third-order valence-electron chi connectivity index (χ3n) is 6.20. The van der Waals surface area contributed by atoms with Crippen molar-refractivity contribution in [2.24, 2.45) is 11.7 Å². The van der Waals surface area contributed by atoms with E-state index in [1.807, 2.05) is 18.2 Å². The van der Waals surface area contributed by atoms with Crippen LogP contribution in [-0.4, -0.2) is 50.1 Å². The monoisotopic (exact) mass is 468 g/mol. The van der Waals surface area contributed by atoms with E-state index in [0.29, 0.717) is 23.9 Å². The maximum Gasteiger partial charge on any atom is 0.314 e. The fraction of sp³-hybridized carbons (Fsp3) is 0.417. The predicted molar refractivity (Wildman–Crippen MR) is 130 cm³/mol. The average molecular weight is 469 g/mol. The molecule has 9 heteroatoms. The van der Waals surface area contributed by atoms with Gasteiger partial charge in [0.15, 0.2) is 5.82 Å². The lowest BCUT2D eigenvalue weighted by molar-refractivity contribution is 0.0687. The molecule has 3 heterocycles. The number of amides is 2. The average Bonchev–Trinajstić information content (AvgIpc) is 2.80. The Hall–Kier alpha value is -2.97. The van der Waals surface area contributed by atoms with Crippen LogP contribution in [-0.2, 0) is 5.60 Å². The van der Waals surface area contributed by atoms with Crippen molar-refractivity contribution in [3.63, 3.8) is 0 Å². The zero-order valence-corrected chi connectivity index (χ0v) is 19.8. The van der Waals surface area contributed by atoms with E-state index in [1.165, 1.54) is 0 Å². The first-order valence-electron chi connectivity index (χ1n) is 11.1. The van der Waals surface area contributed by atoms with Gasteiger partial charge in [-0.2, -0.15) is 0 Å². The van der Waals surface area contributed by atoms with Gasteiger partial charge in [0.05, 0.1) is 16.2 Å². The molecule has 3 aromatic rings. The number of carbonyl (C=O) groups is 1. The zero-order valence-electron chi connectivity index (χ0n) is 19.0. The van der Waals surface area contributed by atoms with Gasteiger partial charge >= 0.3 is 6.03 Å². The van der Waals surface area contributed by atoms with Gasteiger partial charge < -0.3 is 21.1 Å². The topological polar surface area (TPSA) is 117 Å². The van der Waals surface area contributed by atoms with Crippen LogP contribution in [0.3, 0.4) is 0 Å². The van der Waals surface area contributed by atoms with Gasteiger partial charge in [-0.1, -0.05) is 17.7 Å². The smallest absolute Gasteiger partial charge is 0.314 e. The second-order valence-corrected chi connectivity index (χ2v) is 9.59. The number of likely N-dealkylation sites (tertiary alicyclic amines) is 1. The lowest BCUT2D eigenvalue weighted by Crippen LogP contribution is -2.46. The number of nitrogens with one attached hydrogen (secondary N) is 1. The number of aromatic nitrogens is 3. The minimum atomic E-state index is -1.10. The van der Waals surface area contributed by atoms with Crippen molar-refractivity contribution in [2.45, 2.75) is 45.3 Å². The highest BCUT2D eigenvalue weighted by Gasteiger charge is 2.27. The van der Waals surface area contributed by atoms with Crippen LogP contribution < -0.4 is 11.1 Å². The second kappa shape index (κ2) is 9.11. The number of anilines is 1. The lowest BCUT2D eigenvalue weighted by Gasteiger charge is -2.35. The summed E-state index contributed by atoms with van der Waals surface area (Å²) in [6.45, 7) is 6.74. The first-order valence-corrected chi connectivity index (χ1v) is 11.5. The summed E-state index contributed by atoms with van der Waals surface area (Å²) in [5.41, 5.74) is 7.76. The summed E-state index contributed by atoms with van der Waals surface area (Å²) in [6.07, 6.45) is 6.99. The number of aliphatic hydroxyl groups is 1. The summed E-state index contributed by atoms with van der Waals surface area (Å²) in [4.78, 5) is 26.4. The quantitative estimate of drug-likeness (QED) is 0.517. The van der Waals surface area contributed by atoms with Crippen LogP contribution in [0.25, 0.3) is 22.0 Å².